The summed E-state index contributed by atoms with van der Waals surface area (Å²) >= 11 is 0. The van der Waals surface area contributed by atoms with Gasteiger partial charge in [0.1, 0.15) is 5.69 Å². The van der Waals surface area contributed by atoms with E-state index in [-0.39, 0.29) is 23.5 Å². The normalized spacial score (nSPS) is 20.4. The number of rotatable bonds is 5. The van der Waals surface area contributed by atoms with Crippen molar-refractivity contribution in [2.24, 2.45) is 0 Å². The Morgan fingerprint density at radius 1 is 1.43 bits per heavy atom. The van der Waals surface area contributed by atoms with E-state index >= 15 is 0 Å². The lowest BCUT2D eigenvalue weighted by Crippen LogP contribution is -2.42. The zero-order chi connectivity index (χ0) is 15.5. The van der Waals surface area contributed by atoms with Gasteiger partial charge in [0, 0.05) is 18.3 Å². The molecule has 1 amide bonds. The van der Waals surface area contributed by atoms with Crippen molar-refractivity contribution in [2.75, 3.05) is 18.1 Å². The Morgan fingerprint density at radius 3 is 2.76 bits per heavy atom. The number of hydrogen-bond acceptors (Lipinski definition) is 4. The van der Waals surface area contributed by atoms with E-state index in [2.05, 4.69) is 11.9 Å². The minimum Gasteiger partial charge on any atom is -0.333 e. The lowest BCUT2D eigenvalue weighted by molar-refractivity contribution is 0.0688. The summed E-state index contributed by atoms with van der Waals surface area (Å²) in [6, 6.07) is 5.13. The number of carbonyl (C=O) groups is 1. The molecule has 0 spiro atoms. The van der Waals surface area contributed by atoms with Gasteiger partial charge in [0.05, 0.1) is 11.5 Å². The zero-order valence-corrected chi connectivity index (χ0v) is 13.4. The highest BCUT2D eigenvalue weighted by atomic mass is 32.2. The third-order valence-corrected chi connectivity index (χ3v) is 5.52. The van der Waals surface area contributed by atoms with Gasteiger partial charge < -0.3 is 4.90 Å². The molecule has 0 bridgehead atoms. The average Bonchev–Trinajstić information content (AvgIpc) is 2.79. The molecule has 1 atom stereocenters. The standard InChI is InChI=1S/C15H22N2O3S/c1-3-4-9-17(13-8-10-21(19,20)11-13)15(18)14-7-5-6-12(2)16-14/h5-7,13H,3-4,8-11H2,1-2H3. The summed E-state index contributed by atoms with van der Waals surface area (Å²) in [6.45, 7) is 4.48. The molecule has 0 radical (unpaired) electrons. The molecule has 1 aromatic heterocycles. The molecular weight excluding hydrogens is 288 g/mol. The number of unbranched alkanes of at least 4 members (excludes halogenated alkanes) is 1. The molecule has 1 fully saturated rings. The molecule has 1 aliphatic rings. The maximum atomic E-state index is 12.7. The van der Waals surface area contributed by atoms with E-state index in [1.807, 2.05) is 13.0 Å². The predicted molar refractivity (Wildman–Crippen MR) is 82.0 cm³/mol. The predicted octanol–water partition coefficient (Wildman–Crippen LogP) is 1.82. The molecule has 6 heteroatoms. The number of sulfone groups is 1. The second kappa shape index (κ2) is 6.56. The van der Waals surface area contributed by atoms with Gasteiger partial charge in [-0.05, 0) is 31.9 Å². The Balaban J connectivity index is 2.21. The van der Waals surface area contributed by atoms with Gasteiger partial charge in [0.25, 0.3) is 5.91 Å². The second-order valence-corrected chi connectivity index (χ2v) is 7.80. The maximum Gasteiger partial charge on any atom is 0.272 e. The maximum absolute atomic E-state index is 12.7. The average molecular weight is 310 g/mol. The highest BCUT2D eigenvalue weighted by molar-refractivity contribution is 7.91. The molecule has 21 heavy (non-hydrogen) atoms. The smallest absolute Gasteiger partial charge is 0.272 e. The van der Waals surface area contributed by atoms with Crippen molar-refractivity contribution in [1.82, 2.24) is 9.88 Å². The van der Waals surface area contributed by atoms with Gasteiger partial charge in [-0.25, -0.2) is 13.4 Å². The number of nitrogens with zero attached hydrogens (tertiary/aromatic N) is 2. The molecule has 116 valence electrons. The van der Waals surface area contributed by atoms with Gasteiger partial charge >= 0.3 is 0 Å². The van der Waals surface area contributed by atoms with E-state index < -0.39 is 9.84 Å². The Bertz CT molecular complexity index is 613. The Kier molecular flexibility index (Phi) is 4.98. The molecule has 1 saturated heterocycles. The van der Waals surface area contributed by atoms with Crippen molar-refractivity contribution in [3.63, 3.8) is 0 Å². The topological polar surface area (TPSA) is 67.3 Å². The molecule has 0 N–H and O–H groups in total. The van der Waals surface area contributed by atoms with Crippen LogP contribution >= 0.6 is 0 Å². The summed E-state index contributed by atoms with van der Waals surface area (Å²) in [7, 11) is -3.00. The van der Waals surface area contributed by atoms with E-state index in [0.717, 1.165) is 18.5 Å². The van der Waals surface area contributed by atoms with Crippen LogP contribution < -0.4 is 0 Å². The third-order valence-electron chi connectivity index (χ3n) is 3.77. The van der Waals surface area contributed by atoms with Gasteiger partial charge in [-0.1, -0.05) is 19.4 Å². The number of aromatic nitrogens is 1. The van der Waals surface area contributed by atoms with Crippen LogP contribution in [0.25, 0.3) is 0 Å². The highest BCUT2D eigenvalue weighted by Gasteiger charge is 2.35. The molecular formula is C15H22N2O3S. The van der Waals surface area contributed by atoms with Crippen molar-refractivity contribution < 1.29 is 13.2 Å². The Labute approximate surface area is 126 Å². The van der Waals surface area contributed by atoms with Crippen LogP contribution in [0.4, 0.5) is 0 Å². The van der Waals surface area contributed by atoms with Crippen molar-refractivity contribution in [1.29, 1.82) is 0 Å². The summed E-state index contributed by atoms with van der Waals surface area (Å²) in [5, 5.41) is 0. The van der Waals surface area contributed by atoms with Crippen LogP contribution in [0.5, 0.6) is 0 Å². The molecule has 1 aromatic rings. The van der Waals surface area contributed by atoms with Gasteiger partial charge in [-0.15, -0.1) is 0 Å². The van der Waals surface area contributed by atoms with Gasteiger partial charge in [0.15, 0.2) is 9.84 Å². The molecule has 1 aliphatic heterocycles. The zero-order valence-electron chi connectivity index (χ0n) is 12.6. The summed E-state index contributed by atoms with van der Waals surface area (Å²) in [5.41, 5.74) is 1.19. The largest absolute Gasteiger partial charge is 0.333 e. The van der Waals surface area contributed by atoms with Crippen LogP contribution in [0.3, 0.4) is 0 Å². The van der Waals surface area contributed by atoms with E-state index in [1.54, 1.807) is 17.0 Å². The monoisotopic (exact) mass is 310 g/mol. The number of pyridine rings is 1. The molecule has 5 nitrogen and oxygen atoms in total. The van der Waals surface area contributed by atoms with E-state index in [0.29, 0.717) is 18.7 Å². The van der Waals surface area contributed by atoms with Crippen molar-refractivity contribution in [3.05, 3.63) is 29.6 Å². The van der Waals surface area contributed by atoms with Crippen molar-refractivity contribution in [2.45, 2.75) is 39.2 Å². The summed E-state index contributed by atoms with van der Waals surface area (Å²) < 4.78 is 23.4. The third kappa shape index (κ3) is 4.03. The lowest BCUT2D eigenvalue weighted by atomic mass is 10.1. The van der Waals surface area contributed by atoms with Crippen LogP contribution in [0.15, 0.2) is 18.2 Å². The fourth-order valence-electron chi connectivity index (χ4n) is 2.61. The van der Waals surface area contributed by atoms with E-state index in [9.17, 15) is 13.2 Å². The van der Waals surface area contributed by atoms with Crippen LogP contribution in [0.1, 0.15) is 42.4 Å². The van der Waals surface area contributed by atoms with Crippen molar-refractivity contribution in [3.8, 4) is 0 Å². The Morgan fingerprint density at radius 2 is 2.19 bits per heavy atom. The van der Waals surface area contributed by atoms with Crippen LogP contribution in [0.2, 0.25) is 0 Å². The number of aryl methyl sites for hydroxylation is 1. The number of amides is 1. The highest BCUT2D eigenvalue weighted by Crippen LogP contribution is 2.20. The molecule has 2 rings (SSSR count). The van der Waals surface area contributed by atoms with Gasteiger partial charge in [0.2, 0.25) is 0 Å². The van der Waals surface area contributed by atoms with Crippen LogP contribution in [-0.2, 0) is 9.84 Å². The molecule has 0 aliphatic carbocycles. The molecule has 2 heterocycles. The lowest BCUT2D eigenvalue weighted by Gasteiger charge is -2.28. The Hall–Kier alpha value is -1.43. The van der Waals surface area contributed by atoms with Crippen LogP contribution in [-0.4, -0.2) is 48.3 Å². The first-order chi connectivity index (χ1) is 9.93. The van der Waals surface area contributed by atoms with Crippen LogP contribution in [0, 0.1) is 6.92 Å². The van der Waals surface area contributed by atoms with Gasteiger partial charge in [-0.2, -0.15) is 0 Å². The van der Waals surface area contributed by atoms with E-state index in [1.165, 1.54) is 0 Å². The fourth-order valence-corrected chi connectivity index (χ4v) is 4.34. The van der Waals surface area contributed by atoms with Crippen molar-refractivity contribution >= 4 is 15.7 Å². The first kappa shape index (κ1) is 15.9. The van der Waals surface area contributed by atoms with E-state index in [4.69, 9.17) is 0 Å². The van der Waals surface area contributed by atoms with Gasteiger partial charge in [-0.3, -0.25) is 4.79 Å². The molecule has 1 unspecified atom stereocenters. The fraction of sp³-hybridized carbons (Fsp3) is 0.600. The quantitative estimate of drug-likeness (QED) is 0.832. The summed E-state index contributed by atoms with van der Waals surface area (Å²) in [4.78, 5) is 18.6. The summed E-state index contributed by atoms with van der Waals surface area (Å²) in [6.07, 6.45) is 2.36. The minimum absolute atomic E-state index is 0.0776. The summed E-state index contributed by atoms with van der Waals surface area (Å²) in [5.74, 6) is 0.0950. The SMILES string of the molecule is CCCCN(C(=O)c1cccc(C)n1)C1CCS(=O)(=O)C1. The first-order valence-corrected chi connectivity index (χ1v) is 9.20. The minimum atomic E-state index is -3.00. The first-order valence-electron chi connectivity index (χ1n) is 7.38. The molecule has 0 aromatic carbocycles. The molecule has 0 saturated carbocycles. The number of carbonyl (C=O) groups excluding carboxylic acids is 1. The number of hydrogen-bond donors (Lipinski definition) is 0. The second-order valence-electron chi connectivity index (χ2n) is 5.57.